The van der Waals surface area contributed by atoms with E-state index >= 15 is 0 Å². The minimum Gasteiger partial charge on any atom is -0.339 e. The number of anilines is 1. The number of nitrogens with zero attached hydrogens (tertiary/aromatic N) is 1. The third-order valence-corrected chi connectivity index (χ3v) is 4.98. The van der Waals surface area contributed by atoms with Gasteiger partial charge >= 0.3 is 0 Å². The minimum atomic E-state index is -0.120. The predicted molar refractivity (Wildman–Crippen MR) is 83.7 cm³/mol. The monoisotopic (exact) mass is 307 g/mol. The molecule has 3 heterocycles. The summed E-state index contributed by atoms with van der Waals surface area (Å²) in [6.07, 6.45) is 5.24. The molecule has 114 valence electrons. The Hall–Kier alpha value is -1.40. The Morgan fingerprint density at radius 2 is 2.05 bits per heavy atom. The van der Waals surface area contributed by atoms with E-state index in [0.29, 0.717) is 10.6 Å². The first-order valence-electron chi connectivity index (χ1n) is 7.67. The lowest BCUT2D eigenvalue weighted by Crippen LogP contribution is -2.37. The van der Waals surface area contributed by atoms with E-state index in [-0.39, 0.29) is 17.9 Å². The molecule has 2 aliphatic rings. The summed E-state index contributed by atoms with van der Waals surface area (Å²) in [5, 5.41) is 8.65. The average molecular weight is 307 g/mol. The molecule has 1 aromatic rings. The molecule has 5 nitrogen and oxygen atoms in total. The first kappa shape index (κ1) is 14.5. The van der Waals surface area contributed by atoms with Gasteiger partial charge in [-0.15, -0.1) is 11.3 Å². The second kappa shape index (κ2) is 6.58. The van der Waals surface area contributed by atoms with Gasteiger partial charge in [-0.1, -0.05) is 0 Å². The number of carbonyl (C=O) groups is 2. The Morgan fingerprint density at radius 3 is 2.76 bits per heavy atom. The van der Waals surface area contributed by atoms with Gasteiger partial charge in [0, 0.05) is 13.1 Å². The van der Waals surface area contributed by atoms with Crippen molar-refractivity contribution in [2.24, 2.45) is 0 Å². The van der Waals surface area contributed by atoms with Crippen LogP contribution < -0.4 is 10.6 Å². The van der Waals surface area contributed by atoms with Crippen molar-refractivity contribution < 1.29 is 9.59 Å². The molecule has 2 fully saturated rings. The molecule has 6 heteroatoms. The summed E-state index contributed by atoms with van der Waals surface area (Å²) in [6, 6.07) is 1.70. The Kier molecular flexibility index (Phi) is 4.55. The average Bonchev–Trinajstić information content (AvgIpc) is 3.19. The van der Waals surface area contributed by atoms with Gasteiger partial charge in [-0.05, 0) is 50.1 Å². The van der Waals surface area contributed by atoms with Crippen molar-refractivity contribution in [2.45, 2.75) is 38.1 Å². The fourth-order valence-electron chi connectivity index (χ4n) is 2.95. The highest BCUT2D eigenvalue weighted by molar-refractivity contribution is 7.14. The van der Waals surface area contributed by atoms with Gasteiger partial charge in [0.05, 0.1) is 11.6 Å². The van der Waals surface area contributed by atoms with E-state index < -0.39 is 0 Å². The van der Waals surface area contributed by atoms with E-state index in [1.807, 2.05) is 16.3 Å². The SMILES string of the molecule is O=C(Nc1sccc1C(=O)N1CCCCC1)[C@H]1CCCN1. The highest BCUT2D eigenvalue weighted by Gasteiger charge is 2.26. The Labute approximate surface area is 128 Å². The Morgan fingerprint density at radius 1 is 1.24 bits per heavy atom. The van der Waals surface area contributed by atoms with Gasteiger partial charge in [0.15, 0.2) is 0 Å². The maximum Gasteiger partial charge on any atom is 0.256 e. The summed E-state index contributed by atoms with van der Waals surface area (Å²) in [5.74, 6) is 0.0216. The van der Waals surface area contributed by atoms with Crippen LogP contribution in [0.3, 0.4) is 0 Å². The largest absolute Gasteiger partial charge is 0.339 e. The molecule has 0 radical (unpaired) electrons. The molecular formula is C15H21N3O2S. The van der Waals surface area contributed by atoms with Gasteiger partial charge in [-0.3, -0.25) is 9.59 Å². The van der Waals surface area contributed by atoms with Crippen LogP contribution in [-0.4, -0.2) is 42.4 Å². The lowest BCUT2D eigenvalue weighted by Gasteiger charge is -2.26. The zero-order valence-corrected chi connectivity index (χ0v) is 12.9. The molecule has 21 heavy (non-hydrogen) atoms. The van der Waals surface area contributed by atoms with Crippen LogP contribution in [0.15, 0.2) is 11.4 Å². The summed E-state index contributed by atoms with van der Waals surface area (Å²) in [4.78, 5) is 26.6. The van der Waals surface area contributed by atoms with Gasteiger partial charge in [0.25, 0.3) is 5.91 Å². The van der Waals surface area contributed by atoms with Crippen LogP contribution in [0.1, 0.15) is 42.5 Å². The molecule has 0 unspecified atom stereocenters. The fraction of sp³-hybridized carbons (Fsp3) is 0.600. The second-order valence-electron chi connectivity index (χ2n) is 5.65. The normalized spacial score (nSPS) is 22.3. The van der Waals surface area contributed by atoms with Crippen molar-refractivity contribution in [1.29, 1.82) is 0 Å². The first-order chi connectivity index (χ1) is 10.3. The third kappa shape index (κ3) is 3.27. The number of piperidine rings is 1. The quantitative estimate of drug-likeness (QED) is 0.898. The molecule has 0 saturated carbocycles. The molecule has 2 saturated heterocycles. The lowest BCUT2D eigenvalue weighted by atomic mass is 10.1. The van der Waals surface area contributed by atoms with Gasteiger partial charge < -0.3 is 15.5 Å². The van der Waals surface area contributed by atoms with Crippen LogP contribution >= 0.6 is 11.3 Å². The zero-order chi connectivity index (χ0) is 14.7. The van der Waals surface area contributed by atoms with Gasteiger partial charge in [0.2, 0.25) is 5.91 Å². The maximum absolute atomic E-state index is 12.6. The zero-order valence-electron chi connectivity index (χ0n) is 12.1. The number of hydrogen-bond donors (Lipinski definition) is 2. The fourth-order valence-corrected chi connectivity index (χ4v) is 3.73. The number of nitrogens with one attached hydrogen (secondary N) is 2. The smallest absolute Gasteiger partial charge is 0.256 e. The number of hydrogen-bond acceptors (Lipinski definition) is 4. The van der Waals surface area contributed by atoms with E-state index in [4.69, 9.17) is 0 Å². The second-order valence-corrected chi connectivity index (χ2v) is 6.57. The molecule has 2 amide bonds. The van der Waals surface area contributed by atoms with Crippen molar-refractivity contribution in [3.63, 3.8) is 0 Å². The molecular weight excluding hydrogens is 286 g/mol. The molecule has 2 aliphatic heterocycles. The number of amides is 2. The van der Waals surface area contributed by atoms with Crippen molar-refractivity contribution in [3.8, 4) is 0 Å². The van der Waals surface area contributed by atoms with Crippen molar-refractivity contribution in [2.75, 3.05) is 25.0 Å². The number of thiophene rings is 1. The van der Waals surface area contributed by atoms with Crippen molar-refractivity contribution in [1.82, 2.24) is 10.2 Å². The van der Waals surface area contributed by atoms with Crippen molar-refractivity contribution >= 4 is 28.2 Å². The van der Waals surface area contributed by atoms with E-state index in [9.17, 15) is 9.59 Å². The summed E-state index contributed by atoms with van der Waals surface area (Å²) in [7, 11) is 0. The van der Waals surface area contributed by atoms with Crippen molar-refractivity contribution in [3.05, 3.63) is 17.0 Å². The Balaban J connectivity index is 1.68. The number of carbonyl (C=O) groups excluding carboxylic acids is 2. The summed E-state index contributed by atoms with van der Waals surface area (Å²) in [5.41, 5.74) is 0.633. The summed E-state index contributed by atoms with van der Waals surface area (Å²) >= 11 is 1.42. The van der Waals surface area contributed by atoms with Crippen LogP contribution in [0, 0.1) is 0 Å². The van der Waals surface area contributed by atoms with Crippen LogP contribution in [-0.2, 0) is 4.79 Å². The molecule has 0 spiro atoms. The topological polar surface area (TPSA) is 61.4 Å². The van der Waals surface area contributed by atoms with Gasteiger partial charge in [0.1, 0.15) is 5.00 Å². The van der Waals surface area contributed by atoms with E-state index in [1.54, 1.807) is 0 Å². The summed E-state index contributed by atoms with van der Waals surface area (Å²) in [6.45, 7) is 2.54. The van der Waals surface area contributed by atoms with Crippen LogP contribution in [0.2, 0.25) is 0 Å². The molecule has 0 bridgehead atoms. The predicted octanol–water partition coefficient (Wildman–Crippen LogP) is 2.06. The van der Waals surface area contributed by atoms with Gasteiger partial charge in [-0.25, -0.2) is 0 Å². The summed E-state index contributed by atoms with van der Waals surface area (Å²) < 4.78 is 0. The standard InChI is InChI=1S/C15H21N3O2S/c19-13(12-5-4-7-16-12)17-14-11(6-10-21-14)15(20)18-8-2-1-3-9-18/h6,10,12,16H,1-5,7-9H2,(H,17,19)/t12-/m1/s1. The molecule has 2 N–H and O–H groups in total. The number of rotatable bonds is 3. The van der Waals surface area contributed by atoms with E-state index in [2.05, 4.69) is 10.6 Å². The lowest BCUT2D eigenvalue weighted by molar-refractivity contribution is -0.117. The third-order valence-electron chi connectivity index (χ3n) is 4.15. The highest BCUT2D eigenvalue weighted by Crippen LogP contribution is 2.26. The Bertz CT molecular complexity index is 517. The van der Waals surface area contributed by atoms with Crippen LogP contribution in [0.4, 0.5) is 5.00 Å². The molecule has 1 atom stereocenters. The van der Waals surface area contributed by atoms with E-state index in [0.717, 1.165) is 45.3 Å². The molecule has 1 aromatic heterocycles. The minimum absolute atomic E-state index is 0.0253. The van der Waals surface area contributed by atoms with E-state index in [1.165, 1.54) is 17.8 Å². The number of likely N-dealkylation sites (tertiary alicyclic amines) is 1. The van der Waals surface area contributed by atoms with Crippen LogP contribution in [0.25, 0.3) is 0 Å². The maximum atomic E-state index is 12.6. The highest BCUT2D eigenvalue weighted by atomic mass is 32.1. The molecule has 3 rings (SSSR count). The molecule has 0 aromatic carbocycles. The first-order valence-corrected chi connectivity index (χ1v) is 8.54. The van der Waals surface area contributed by atoms with Gasteiger partial charge in [-0.2, -0.15) is 0 Å². The molecule has 0 aliphatic carbocycles. The van der Waals surface area contributed by atoms with Crippen LogP contribution in [0.5, 0.6) is 0 Å².